The minimum absolute atomic E-state index is 0.0760. The van der Waals surface area contributed by atoms with Crippen LogP contribution in [0.1, 0.15) is 380 Å². The zero-order valence-corrected chi connectivity index (χ0v) is 55.5. The van der Waals surface area contributed by atoms with Gasteiger partial charge in [0.15, 0.2) is 6.10 Å². The topological polar surface area (TPSA) is 78.9 Å². The molecule has 1 unspecified atom stereocenters. The van der Waals surface area contributed by atoms with Gasteiger partial charge in [-0.1, -0.05) is 318 Å². The lowest BCUT2D eigenvalue weighted by molar-refractivity contribution is -0.167. The summed E-state index contributed by atoms with van der Waals surface area (Å²) in [6, 6.07) is 0. The zero-order chi connectivity index (χ0) is 59.9. The Morgan fingerprint density at radius 3 is 0.723 bits per heavy atom. The van der Waals surface area contributed by atoms with Crippen molar-refractivity contribution in [3.05, 3.63) is 72.9 Å². The van der Waals surface area contributed by atoms with E-state index in [1.165, 1.54) is 257 Å². The van der Waals surface area contributed by atoms with Crippen LogP contribution in [0.25, 0.3) is 0 Å². The average Bonchev–Trinajstić information content (AvgIpc) is 3.49. The van der Waals surface area contributed by atoms with Crippen molar-refractivity contribution in [3.63, 3.8) is 0 Å². The molecule has 0 fully saturated rings. The highest BCUT2D eigenvalue weighted by molar-refractivity contribution is 5.71. The molecule has 0 aromatic heterocycles. The Hall–Kier alpha value is -3.15. The van der Waals surface area contributed by atoms with Gasteiger partial charge < -0.3 is 14.2 Å². The molecule has 0 amide bonds. The summed E-state index contributed by atoms with van der Waals surface area (Å²) in [5.41, 5.74) is 0. The summed E-state index contributed by atoms with van der Waals surface area (Å²) >= 11 is 0. The lowest BCUT2D eigenvalue weighted by Gasteiger charge is -2.18. The molecule has 1 atom stereocenters. The summed E-state index contributed by atoms with van der Waals surface area (Å²) in [4.78, 5) is 38.4. The molecule has 0 spiro atoms. The van der Waals surface area contributed by atoms with Crippen molar-refractivity contribution in [3.8, 4) is 0 Å². The molecule has 0 heterocycles. The van der Waals surface area contributed by atoms with E-state index < -0.39 is 6.10 Å². The fourth-order valence-electron chi connectivity index (χ4n) is 10.7. The predicted octanol–water partition coefficient (Wildman–Crippen LogP) is 25.2. The lowest BCUT2D eigenvalue weighted by Crippen LogP contribution is -2.30. The Morgan fingerprint density at radius 1 is 0.241 bits per heavy atom. The molecule has 0 radical (unpaired) electrons. The zero-order valence-electron chi connectivity index (χ0n) is 55.5. The van der Waals surface area contributed by atoms with Crippen LogP contribution in [-0.2, 0) is 28.6 Å². The molecule has 6 heteroatoms. The number of unbranched alkanes of at least 4 members (excludes halogenated alkanes) is 44. The second-order valence-corrected chi connectivity index (χ2v) is 24.5. The van der Waals surface area contributed by atoms with Crippen molar-refractivity contribution < 1.29 is 28.6 Å². The molecule has 0 aliphatic carbocycles. The first-order chi connectivity index (χ1) is 41.0. The van der Waals surface area contributed by atoms with Crippen molar-refractivity contribution in [2.75, 3.05) is 13.2 Å². The fourth-order valence-corrected chi connectivity index (χ4v) is 10.7. The average molecular weight is 1160 g/mol. The Bertz CT molecular complexity index is 1520. The molecule has 0 aromatic rings. The molecular weight excluding hydrogens is 1020 g/mol. The van der Waals surface area contributed by atoms with Crippen molar-refractivity contribution >= 4 is 17.9 Å². The van der Waals surface area contributed by atoms with Crippen LogP contribution in [0.3, 0.4) is 0 Å². The molecule has 6 nitrogen and oxygen atoms in total. The van der Waals surface area contributed by atoms with E-state index in [2.05, 4.69) is 93.7 Å². The van der Waals surface area contributed by atoms with Gasteiger partial charge in [0.25, 0.3) is 0 Å². The third-order valence-corrected chi connectivity index (χ3v) is 16.2. The van der Waals surface area contributed by atoms with E-state index in [9.17, 15) is 14.4 Å². The highest BCUT2D eigenvalue weighted by Crippen LogP contribution is 2.18. The Morgan fingerprint density at radius 2 is 0.434 bits per heavy atom. The molecule has 0 rings (SSSR count). The second-order valence-electron chi connectivity index (χ2n) is 24.5. The van der Waals surface area contributed by atoms with Gasteiger partial charge in [0, 0.05) is 19.3 Å². The smallest absolute Gasteiger partial charge is 0.306 e. The van der Waals surface area contributed by atoms with Gasteiger partial charge in [-0.25, -0.2) is 0 Å². The molecule has 0 saturated carbocycles. The third-order valence-electron chi connectivity index (χ3n) is 16.2. The van der Waals surface area contributed by atoms with Crippen LogP contribution in [0.15, 0.2) is 72.9 Å². The van der Waals surface area contributed by atoms with Crippen LogP contribution < -0.4 is 0 Å². The SMILES string of the molecule is CCCCC/C=C\C/C=C\CCCCCCCCCCCC(=O)OC(COC(=O)CCCCCCC/C=C\CCCCCC)COC(=O)CCCCCCCCCCCCCCCCCCCC/C=C\C/C=C\C/C=C\CCCCCCC. The number of carbonyl (C=O) groups is 3. The van der Waals surface area contributed by atoms with E-state index >= 15 is 0 Å². The van der Waals surface area contributed by atoms with Crippen molar-refractivity contribution in [1.82, 2.24) is 0 Å². The summed E-state index contributed by atoms with van der Waals surface area (Å²) in [6.07, 6.45) is 93.7. The summed E-state index contributed by atoms with van der Waals surface area (Å²) in [6.45, 7) is 6.63. The minimum Gasteiger partial charge on any atom is -0.462 e. The molecule has 0 aliphatic heterocycles. The van der Waals surface area contributed by atoms with Gasteiger partial charge in [0.05, 0.1) is 0 Å². The van der Waals surface area contributed by atoms with E-state index in [1.54, 1.807) is 0 Å². The molecule has 0 aromatic carbocycles. The number of ether oxygens (including phenoxy) is 3. The molecule has 0 saturated heterocycles. The van der Waals surface area contributed by atoms with Crippen LogP contribution in [0.5, 0.6) is 0 Å². The second kappa shape index (κ2) is 71.3. The largest absolute Gasteiger partial charge is 0.462 e. The van der Waals surface area contributed by atoms with Gasteiger partial charge >= 0.3 is 17.9 Å². The maximum absolute atomic E-state index is 12.9. The van der Waals surface area contributed by atoms with Gasteiger partial charge in [0.1, 0.15) is 13.2 Å². The van der Waals surface area contributed by atoms with Gasteiger partial charge in [-0.15, -0.1) is 0 Å². The first-order valence-electron chi connectivity index (χ1n) is 36.4. The maximum Gasteiger partial charge on any atom is 0.306 e. The normalized spacial score (nSPS) is 12.5. The minimum atomic E-state index is -0.781. The van der Waals surface area contributed by atoms with Gasteiger partial charge in [-0.2, -0.15) is 0 Å². The summed E-state index contributed by atoms with van der Waals surface area (Å²) in [7, 11) is 0. The Kier molecular flexibility index (Phi) is 68.6. The standard InChI is InChI=1S/C77H138O6/c1-4-7-10-13-16-19-22-25-27-29-31-32-33-34-35-36-37-38-39-40-41-42-43-44-46-47-49-52-55-58-61-64-67-70-76(79)82-73-74(72-81-75(78)69-66-63-60-57-54-51-24-21-18-15-12-9-6-3)83-77(80)71-68-65-62-59-56-53-50-48-45-30-28-26-23-20-17-14-11-8-5-2/h17,20-22,24-26,28-29,31,33-34,74H,4-16,18-19,23,27,30,32,35-73H2,1-3H3/b20-17-,24-21-,25-22-,28-26-,31-29-,34-33-. The lowest BCUT2D eigenvalue weighted by atomic mass is 10.0. The summed E-state index contributed by atoms with van der Waals surface area (Å²) in [5.74, 6) is -0.869. The van der Waals surface area contributed by atoms with Crippen molar-refractivity contribution in [2.45, 2.75) is 386 Å². The highest BCUT2D eigenvalue weighted by Gasteiger charge is 2.19. The monoisotopic (exact) mass is 1160 g/mol. The van der Waals surface area contributed by atoms with Crippen molar-refractivity contribution in [2.24, 2.45) is 0 Å². The van der Waals surface area contributed by atoms with Gasteiger partial charge in [-0.05, 0) is 116 Å². The van der Waals surface area contributed by atoms with E-state index in [1.807, 2.05) is 0 Å². The molecule has 83 heavy (non-hydrogen) atoms. The molecular formula is C77H138O6. The van der Waals surface area contributed by atoms with Crippen LogP contribution in [0.4, 0.5) is 0 Å². The molecule has 0 N–H and O–H groups in total. The number of allylic oxidation sites excluding steroid dienone is 12. The van der Waals surface area contributed by atoms with Crippen LogP contribution in [-0.4, -0.2) is 37.2 Å². The third kappa shape index (κ3) is 69.5. The Balaban J connectivity index is 4.17. The highest BCUT2D eigenvalue weighted by atomic mass is 16.6. The number of carbonyl (C=O) groups excluding carboxylic acids is 3. The van der Waals surface area contributed by atoms with Gasteiger partial charge in [-0.3, -0.25) is 14.4 Å². The fraction of sp³-hybridized carbons (Fsp3) is 0.805. The van der Waals surface area contributed by atoms with Crippen LogP contribution in [0, 0.1) is 0 Å². The molecule has 482 valence electrons. The molecule has 0 bridgehead atoms. The quantitative estimate of drug-likeness (QED) is 0.0261. The predicted molar refractivity (Wildman–Crippen MR) is 362 cm³/mol. The number of esters is 3. The first kappa shape index (κ1) is 79.8. The van der Waals surface area contributed by atoms with E-state index in [4.69, 9.17) is 14.2 Å². The number of rotatable bonds is 67. The Labute approximate surface area is 516 Å². The maximum atomic E-state index is 12.9. The van der Waals surface area contributed by atoms with E-state index in [0.29, 0.717) is 19.3 Å². The van der Waals surface area contributed by atoms with Gasteiger partial charge in [0.2, 0.25) is 0 Å². The summed E-state index contributed by atoms with van der Waals surface area (Å²) < 4.78 is 17.0. The molecule has 0 aliphatic rings. The number of hydrogen-bond acceptors (Lipinski definition) is 6. The number of hydrogen-bond donors (Lipinski definition) is 0. The van der Waals surface area contributed by atoms with Crippen LogP contribution >= 0.6 is 0 Å². The first-order valence-corrected chi connectivity index (χ1v) is 36.4. The van der Waals surface area contributed by atoms with E-state index in [0.717, 1.165) is 83.5 Å². The van der Waals surface area contributed by atoms with Crippen LogP contribution in [0.2, 0.25) is 0 Å². The van der Waals surface area contributed by atoms with Crippen molar-refractivity contribution in [1.29, 1.82) is 0 Å². The summed E-state index contributed by atoms with van der Waals surface area (Å²) in [5, 5.41) is 0. The van der Waals surface area contributed by atoms with E-state index in [-0.39, 0.29) is 31.1 Å².